The number of hydrogen-bond acceptors (Lipinski definition) is 5. The molecule has 8 heteroatoms. The van der Waals surface area contributed by atoms with Gasteiger partial charge in [0.05, 0.1) is 12.2 Å². The Morgan fingerprint density at radius 3 is 2.70 bits per heavy atom. The largest absolute Gasteiger partial charge is 0.447 e. The molecule has 2 N–H and O–H groups in total. The molecule has 2 rings (SSSR count). The quantitative estimate of drug-likeness (QED) is 0.811. The maximum Gasteiger partial charge on any atom is 0.273 e. The summed E-state index contributed by atoms with van der Waals surface area (Å²) in [7, 11) is -0.295. The fourth-order valence-electron chi connectivity index (χ4n) is 1.84. The highest BCUT2D eigenvalue weighted by molar-refractivity contribution is 7.89. The summed E-state index contributed by atoms with van der Waals surface area (Å²) >= 11 is 0. The van der Waals surface area contributed by atoms with E-state index in [9.17, 15) is 8.42 Å². The van der Waals surface area contributed by atoms with Crippen molar-refractivity contribution in [2.24, 2.45) is 7.05 Å². The molecule has 0 aliphatic rings. The average Bonchev–Trinajstić information content (AvgIpc) is 2.97. The molecule has 2 heterocycles. The van der Waals surface area contributed by atoms with Crippen molar-refractivity contribution in [1.29, 1.82) is 0 Å². The van der Waals surface area contributed by atoms with Crippen molar-refractivity contribution < 1.29 is 12.8 Å². The number of aryl methyl sites for hydroxylation is 2. The average molecular weight is 298 g/mol. The molecule has 0 fully saturated rings. The fraction of sp³-hybridized carbons (Fsp3) is 0.417. The molecule has 0 spiro atoms. The van der Waals surface area contributed by atoms with E-state index in [0.29, 0.717) is 18.8 Å². The first-order valence-electron chi connectivity index (χ1n) is 6.14. The number of nitrogens with one attached hydrogen (secondary N) is 2. The van der Waals surface area contributed by atoms with Crippen molar-refractivity contribution in [2.45, 2.75) is 25.1 Å². The standard InChI is InChI=1S/C12H18N4O3S/c1-9-10(8-16(3)15-9)6-14-7-11-4-5-12(19-11)20(17,18)13-2/h4-5,8,13-14H,6-7H2,1-3H3. The molecule has 0 saturated heterocycles. The molecule has 0 aromatic carbocycles. The summed E-state index contributed by atoms with van der Waals surface area (Å²) in [6.07, 6.45) is 1.95. The van der Waals surface area contributed by atoms with Gasteiger partial charge < -0.3 is 9.73 Å². The van der Waals surface area contributed by atoms with Crippen LogP contribution >= 0.6 is 0 Å². The van der Waals surface area contributed by atoms with Crippen LogP contribution in [-0.2, 0) is 30.2 Å². The van der Waals surface area contributed by atoms with Crippen molar-refractivity contribution in [3.8, 4) is 0 Å². The first-order valence-corrected chi connectivity index (χ1v) is 7.63. The molecule has 2 aromatic heterocycles. The number of hydrogen-bond donors (Lipinski definition) is 2. The number of sulfonamides is 1. The highest BCUT2D eigenvalue weighted by Crippen LogP contribution is 2.13. The van der Waals surface area contributed by atoms with Gasteiger partial charge in [-0.05, 0) is 26.1 Å². The summed E-state index contributed by atoms with van der Waals surface area (Å²) in [6.45, 7) is 3.05. The van der Waals surface area contributed by atoms with Gasteiger partial charge in [0.25, 0.3) is 10.0 Å². The van der Waals surface area contributed by atoms with Crippen LogP contribution in [0.4, 0.5) is 0 Å². The van der Waals surface area contributed by atoms with Crippen molar-refractivity contribution in [3.05, 3.63) is 35.3 Å². The minimum atomic E-state index is -3.52. The van der Waals surface area contributed by atoms with Crippen LogP contribution in [0.25, 0.3) is 0 Å². The zero-order valence-electron chi connectivity index (χ0n) is 11.7. The smallest absolute Gasteiger partial charge is 0.273 e. The van der Waals surface area contributed by atoms with Crippen molar-refractivity contribution in [3.63, 3.8) is 0 Å². The normalized spacial score (nSPS) is 11.9. The second kappa shape index (κ2) is 5.78. The lowest BCUT2D eigenvalue weighted by atomic mass is 10.2. The van der Waals surface area contributed by atoms with Crippen molar-refractivity contribution in [1.82, 2.24) is 19.8 Å². The highest BCUT2D eigenvalue weighted by Gasteiger charge is 2.16. The Balaban J connectivity index is 1.94. The van der Waals surface area contributed by atoms with Gasteiger partial charge in [-0.3, -0.25) is 4.68 Å². The fourth-order valence-corrected chi connectivity index (χ4v) is 2.51. The van der Waals surface area contributed by atoms with Crippen LogP contribution in [0.1, 0.15) is 17.0 Å². The van der Waals surface area contributed by atoms with Gasteiger partial charge in [-0.15, -0.1) is 0 Å². The molecule has 0 radical (unpaired) electrons. The lowest BCUT2D eigenvalue weighted by Crippen LogP contribution is -2.17. The van der Waals surface area contributed by atoms with Gasteiger partial charge in [0.2, 0.25) is 5.09 Å². The summed E-state index contributed by atoms with van der Waals surface area (Å²) in [5.74, 6) is 0.570. The second-order valence-electron chi connectivity index (χ2n) is 4.45. The van der Waals surface area contributed by atoms with E-state index in [1.807, 2.05) is 20.2 Å². The Labute approximate surface area is 118 Å². The van der Waals surface area contributed by atoms with E-state index < -0.39 is 10.0 Å². The van der Waals surface area contributed by atoms with Gasteiger partial charge in [-0.1, -0.05) is 0 Å². The van der Waals surface area contributed by atoms with E-state index >= 15 is 0 Å². The minimum absolute atomic E-state index is 0.0747. The summed E-state index contributed by atoms with van der Waals surface area (Å²) in [4.78, 5) is 0. The Morgan fingerprint density at radius 2 is 2.10 bits per heavy atom. The third-order valence-electron chi connectivity index (χ3n) is 2.90. The summed E-state index contributed by atoms with van der Waals surface area (Å²) in [5.41, 5.74) is 2.07. The van der Waals surface area contributed by atoms with E-state index in [1.54, 1.807) is 10.7 Å². The molecule has 2 aromatic rings. The first kappa shape index (κ1) is 14.8. The molecule has 0 atom stereocenters. The molecular formula is C12H18N4O3S. The SMILES string of the molecule is CNS(=O)(=O)c1ccc(CNCc2cn(C)nc2C)o1. The predicted molar refractivity (Wildman–Crippen MR) is 73.4 cm³/mol. The molecule has 110 valence electrons. The van der Waals surface area contributed by atoms with E-state index in [0.717, 1.165) is 11.3 Å². The zero-order chi connectivity index (χ0) is 14.8. The molecule has 0 unspecified atom stereocenters. The van der Waals surface area contributed by atoms with E-state index in [-0.39, 0.29) is 5.09 Å². The third-order valence-corrected chi connectivity index (χ3v) is 4.19. The maximum atomic E-state index is 11.5. The molecule has 7 nitrogen and oxygen atoms in total. The molecule has 0 aliphatic heterocycles. The van der Waals surface area contributed by atoms with Crippen LogP contribution in [0.2, 0.25) is 0 Å². The van der Waals surface area contributed by atoms with Crippen LogP contribution in [0.3, 0.4) is 0 Å². The van der Waals surface area contributed by atoms with E-state index in [1.165, 1.54) is 13.1 Å². The first-order chi connectivity index (χ1) is 9.42. The Morgan fingerprint density at radius 1 is 1.35 bits per heavy atom. The zero-order valence-corrected chi connectivity index (χ0v) is 12.5. The lowest BCUT2D eigenvalue weighted by Gasteiger charge is -2.01. The van der Waals surface area contributed by atoms with Gasteiger partial charge in [0, 0.05) is 25.4 Å². The number of aromatic nitrogens is 2. The molecule has 0 amide bonds. The van der Waals surface area contributed by atoms with Gasteiger partial charge in [0.15, 0.2) is 0 Å². The second-order valence-corrected chi connectivity index (χ2v) is 6.26. The number of rotatable bonds is 6. The van der Waals surface area contributed by atoms with Crippen LogP contribution in [0.15, 0.2) is 27.8 Å². The van der Waals surface area contributed by atoms with E-state index in [2.05, 4.69) is 15.1 Å². The summed E-state index contributed by atoms with van der Waals surface area (Å²) in [6, 6.07) is 3.09. The van der Waals surface area contributed by atoms with Crippen LogP contribution in [0, 0.1) is 6.92 Å². The predicted octanol–water partition coefficient (Wildman–Crippen LogP) is 0.519. The van der Waals surface area contributed by atoms with Gasteiger partial charge in [0.1, 0.15) is 5.76 Å². The molecule has 0 aliphatic carbocycles. The highest BCUT2D eigenvalue weighted by atomic mass is 32.2. The maximum absolute atomic E-state index is 11.5. The Kier molecular flexibility index (Phi) is 4.26. The van der Waals surface area contributed by atoms with Crippen LogP contribution in [0.5, 0.6) is 0 Å². The molecule has 20 heavy (non-hydrogen) atoms. The lowest BCUT2D eigenvalue weighted by molar-refractivity contribution is 0.400. The van der Waals surface area contributed by atoms with Crippen LogP contribution < -0.4 is 10.0 Å². The van der Waals surface area contributed by atoms with Gasteiger partial charge in [-0.25, -0.2) is 13.1 Å². The third kappa shape index (κ3) is 3.27. The molecule has 0 saturated carbocycles. The summed E-state index contributed by atoms with van der Waals surface area (Å²) in [5, 5.41) is 7.37. The minimum Gasteiger partial charge on any atom is -0.447 e. The Bertz CT molecular complexity index is 687. The van der Waals surface area contributed by atoms with Gasteiger partial charge >= 0.3 is 0 Å². The summed E-state index contributed by atoms with van der Waals surface area (Å²) < 4.78 is 32.3. The van der Waals surface area contributed by atoms with Crippen LogP contribution in [-0.4, -0.2) is 25.2 Å². The molecule has 0 bridgehead atoms. The molecular weight excluding hydrogens is 280 g/mol. The van der Waals surface area contributed by atoms with Gasteiger partial charge in [-0.2, -0.15) is 5.10 Å². The van der Waals surface area contributed by atoms with Crippen molar-refractivity contribution >= 4 is 10.0 Å². The number of nitrogens with zero attached hydrogens (tertiary/aromatic N) is 2. The number of furan rings is 1. The van der Waals surface area contributed by atoms with Crippen molar-refractivity contribution in [2.75, 3.05) is 7.05 Å². The van der Waals surface area contributed by atoms with E-state index in [4.69, 9.17) is 4.42 Å². The topological polar surface area (TPSA) is 89.2 Å². The Hall–Kier alpha value is -1.64. The monoisotopic (exact) mass is 298 g/mol.